The minimum absolute atomic E-state index is 0.294. The maximum Gasteiger partial charge on any atom is 0.161 e. The van der Waals surface area contributed by atoms with Gasteiger partial charge in [-0.05, 0) is 37.5 Å². The molecule has 0 aliphatic carbocycles. The molecule has 0 aromatic heterocycles. The zero-order valence-electron chi connectivity index (χ0n) is 11.9. The molecule has 0 bridgehead atoms. The molecule has 106 valence electrons. The number of methoxy groups -OCH3 is 2. The lowest BCUT2D eigenvalue weighted by molar-refractivity contribution is 0.0754. The lowest BCUT2D eigenvalue weighted by atomic mass is 10.0. The molecular formula is C15H23NO3. The summed E-state index contributed by atoms with van der Waals surface area (Å²) in [5.41, 5.74) is 1.21. The van der Waals surface area contributed by atoms with Crippen LogP contribution in [0.25, 0.3) is 0 Å². The predicted octanol–water partition coefficient (Wildman–Crippen LogP) is 2.53. The fourth-order valence-corrected chi connectivity index (χ4v) is 2.44. The average Bonchev–Trinajstić information content (AvgIpc) is 2.47. The number of hydrogen-bond donors (Lipinski definition) is 1. The van der Waals surface area contributed by atoms with Crippen molar-refractivity contribution >= 4 is 0 Å². The van der Waals surface area contributed by atoms with Gasteiger partial charge in [-0.2, -0.15) is 0 Å². The third-order valence-corrected chi connectivity index (χ3v) is 3.61. The average molecular weight is 265 g/mol. The third-order valence-electron chi connectivity index (χ3n) is 3.61. The zero-order chi connectivity index (χ0) is 13.7. The monoisotopic (exact) mass is 265 g/mol. The standard InChI is InChI=1S/C15H23NO3/c1-11(16-13-6-8-19-9-7-13)12-4-5-14(17-2)15(10-12)18-3/h4-5,10-11,13,16H,6-9H2,1-3H3/t11-/m1/s1. The van der Waals surface area contributed by atoms with Crippen molar-refractivity contribution in [3.05, 3.63) is 23.8 Å². The molecule has 0 spiro atoms. The highest BCUT2D eigenvalue weighted by molar-refractivity contribution is 5.43. The third kappa shape index (κ3) is 3.61. The molecule has 2 rings (SSSR count). The van der Waals surface area contributed by atoms with Crippen molar-refractivity contribution in [2.45, 2.75) is 31.8 Å². The fraction of sp³-hybridized carbons (Fsp3) is 0.600. The second-order valence-electron chi connectivity index (χ2n) is 4.89. The fourth-order valence-electron chi connectivity index (χ4n) is 2.44. The van der Waals surface area contributed by atoms with E-state index in [1.165, 1.54) is 5.56 Å². The number of benzene rings is 1. The number of hydrogen-bond acceptors (Lipinski definition) is 4. The molecule has 1 aromatic carbocycles. The Bertz CT molecular complexity index is 402. The molecule has 1 aromatic rings. The first-order valence-electron chi connectivity index (χ1n) is 6.80. The highest BCUT2D eigenvalue weighted by Crippen LogP contribution is 2.30. The van der Waals surface area contributed by atoms with Crippen molar-refractivity contribution in [3.63, 3.8) is 0 Å². The van der Waals surface area contributed by atoms with Crippen LogP contribution in [0.4, 0.5) is 0 Å². The molecule has 4 heteroatoms. The highest BCUT2D eigenvalue weighted by atomic mass is 16.5. The molecule has 0 amide bonds. The lowest BCUT2D eigenvalue weighted by Gasteiger charge is -2.27. The summed E-state index contributed by atoms with van der Waals surface area (Å²) in [4.78, 5) is 0. The van der Waals surface area contributed by atoms with Gasteiger partial charge in [-0.15, -0.1) is 0 Å². The Morgan fingerprint density at radius 2 is 1.84 bits per heavy atom. The van der Waals surface area contributed by atoms with Crippen LogP contribution in [0.15, 0.2) is 18.2 Å². The van der Waals surface area contributed by atoms with Gasteiger partial charge < -0.3 is 19.5 Å². The van der Waals surface area contributed by atoms with Gasteiger partial charge in [-0.25, -0.2) is 0 Å². The van der Waals surface area contributed by atoms with E-state index in [4.69, 9.17) is 14.2 Å². The second kappa shape index (κ2) is 6.78. The van der Waals surface area contributed by atoms with Crippen LogP contribution in [0.3, 0.4) is 0 Å². The maximum absolute atomic E-state index is 5.38. The van der Waals surface area contributed by atoms with Crippen molar-refractivity contribution in [2.24, 2.45) is 0 Å². The summed E-state index contributed by atoms with van der Waals surface area (Å²) in [6, 6.07) is 6.91. The molecule has 1 N–H and O–H groups in total. The Labute approximate surface area is 115 Å². The summed E-state index contributed by atoms with van der Waals surface area (Å²) in [5, 5.41) is 3.65. The molecule has 0 saturated carbocycles. The van der Waals surface area contributed by atoms with Crippen LogP contribution < -0.4 is 14.8 Å². The zero-order valence-corrected chi connectivity index (χ0v) is 11.9. The summed E-state index contributed by atoms with van der Waals surface area (Å²) < 4.78 is 16.0. The van der Waals surface area contributed by atoms with E-state index in [1.807, 2.05) is 12.1 Å². The Morgan fingerprint density at radius 1 is 1.16 bits per heavy atom. The van der Waals surface area contributed by atoms with Crippen molar-refractivity contribution < 1.29 is 14.2 Å². The van der Waals surface area contributed by atoms with E-state index in [0.29, 0.717) is 12.1 Å². The second-order valence-corrected chi connectivity index (χ2v) is 4.89. The van der Waals surface area contributed by atoms with Crippen molar-refractivity contribution in [1.29, 1.82) is 0 Å². The number of rotatable bonds is 5. The van der Waals surface area contributed by atoms with Gasteiger partial charge in [0.25, 0.3) is 0 Å². The van der Waals surface area contributed by atoms with E-state index in [2.05, 4.69) is 18.3 Å². The van der Waals surface area contributed by atoms with Crippen LogP contribution in [0, 0.1) is 0 Å². The molecule has 19 heavy (non-hydrogen) atoms. The molecule has 0 unspecified atom stereocenters. The van der Waals surface area contributed by atoms with E-state index >= 15 is 0 Å². The Morgan fingerprint density at radius 3 is 2.47 bits per heavy atom. The van der Waals surface area contributed by atoms with Gasteiger partial charge >= 0.3 is 0 Å². The number of nitrogens with one attached hydrogen (secondary N) is 1. The SMILES string of the molecule is COc1ccc([C@@H](C)NC2CCOCC2)cc1OC. The first-order valence-corrected chi connectivity index (χ1v) is 6.80. The van der Waals surface area contributed by atoms with Crippen molar-refractivity contribution in [3.8, 4) is 11.5 Å². The minimum atomic E-state index is 0.294. The molecule has 4 nitrogen and oxygen atoms in total. The minimum Gasteiger partial charge on any atom is -0.493 e. The molecule has 1 fully saturated rings. The molecule has 1 aliphatic heterocycles. The van der Waals surface area contributed by atoms with Gasteiger partial charge in [0.2, 0.25) is 0 Å². The van der Waals surface area contributed by atoms with E-state index in [9.17, 15) is 0 Å². The van der Waals surface area contributed by atoms with Gasteiger partial charge in [0.15, 0.2) is 11.5 Å². The maximum atomic E-state index is 5.38. The van der Waals surface area contributed by atoms with Crippen LogP contribution in [0.1, 0.15) is 31.4 Å². The van der Waals surface area contributed by atoms with Gasteiger partial charge in [-0.1, -0.05) is 6.07 Å². The number of ether oxygens (including phenoxy) is 3. The smallest absolute Gasteiger partial charge is 0.161 e. The highest BCUT2D eigenvalue weighted by Gasteiger charge is 2.17. The Balaban J connectivity index is 2.03. The van der Waals surface area contributed by atoms with Crippen LogP contribution in [-0.2, 0) is 4.74 Å². The summed E-state index contributed by atoms with van der Waals surface area (Å²) >= 11 is 0. The van der Waals surface area contributed by atoms with Gasteiger partial charge in [0.05, 0.1) is 14.2 Å². The molecule has 1 saturated heterocycles. The van der Waals surface area contributed by atoms with E-state index < -0.39 is 0 Å². The lowest BCUT2D eigenvalue weighted by Crippen LogP contribution is -2.36. The predicted molar refractivity (Wildman–Crippen MR) is 74.9 cm³/mol. The Hall–Kier alpha value is -1.26. The largest absolute Gasteiger partial charge is 0.493 e. The van der Waals surface area contributed by atoms with E-state index in [-0.39, 0.29) is 0 Å². The van der Waals surface area contributed by atoms with Crippen molar-refractivity contribution in [1.82, 2.24) is 5.32 Å². The summed E-state index contributed by atoms with van der Waals surface area (Å²) in [7, 11) is 3.32. The van der Waals surface area contributed by atoms with Crippen molar-refractivity contribution in [2.75, 3.05) is 27.4 Å². The van der Waals surface area contributed by atoms with Gasteiger partial charge in [0.1, 0.15) is 0 Å². The van der Waals surface area contributed by atoms with Crippen LogP contribution >= 0.6 is 0 Å². The molecular weight excluding hydrogens is 242 g/mol. The summed E-state index contributed by atoms with van der Waals surface area (Å²) in [6.07, 6.45) is 2.16. The van der Waals surface area contributed by atoms with E-state index in [1.54, 1.807) is 14.2 Å². The first-order chi connectivity index (χ1) is 9.24. The first kappa shape index (κ1) is 14.2. The van der Waals surface area contributed by atoms with E-state index in [0.717, 1.165) is 37.6 Å². The molecule has 1 atom stereocenters. The molecule has 0 radical (unpaired) electrons. The summed E-state index contributed by atoms with van der Waals surface area (Å²) in [6.45, 7) is 3.89. The quantitative estimate of drug-likeness (QED) is 0.888. The van der Waals surface area contributed by atoms with Crippen LogP contribution in [0.5, 0.6) is 11.5 Å². The molecule has 1 aliphatic rings. The van der Waals surface area contributed by atoms with Gasteiger partial charge in [-0.3, -0.25) is 0 Å². The topological polar surface area (TPSA) is 39.7 Å². The summed E-state index contributed by atoms with van der Waals surface area (Å²) in [5.74, 6) is 1.55. The van der Waals surface area contributed by atoms with Crippen LogP contribution in [0.2, 0.25) is 0 Å². The normalized spacial score (nSPS) is 18.1. The molecule has 1 heterocycles. The van der Waals surface area contributed by atoms with Gasteiger partial charge in [0, 0.05) is 25.3 Å². The Kier molecular flexibility index (Phi) is 5.05. The van der Waals surface area contributed by atoms with Crippen LogP contribution in [-0.4, -0.2) is 33.5 Å².